The molecule has 2 heteroatoms. The van der Waals surface area contributed by atoms with Crippen LogP contribution in [0.1, 0.15) is 97.5 Å². The molecule has 0 heterocycles. The number of fused-ring (bicyclic) bond motifs is 3. The molecule has 1 atom stereocenters. The van der Waals surface area contributed by atoms with Crippen LogP contribution in [0.4, 0.5) is 0 Å². The Hall–Kier alpha value is -5.08. The van der Waals surface area contributed by atoms with Gasteiger partial charge in [-0.15, -0.1) is 0 Å². The number of benzene rings is 6. The molecule has 0 radical (unpaired) electrons. The van der Waals surface area contributed by atoms with Crippen LogP contribution in [0, 0.1) is 19.3 Å². The van der Waals surface area contributed by atoms with E-state index in [4.69, 9.17) is 9.47 Å². The Labute approximate surface area is 311 Å². The minimum atomic E-state index is -0.555. The van der Waals surface area contributed by atoms with Crippen LogP contribution in [0.3, 0.4) is 0 Å². The van der Waals surface area contributed by atoms with Crippen molar-refractivity contribution in [3.63, 3.8) is 0 Å². The van der Waals surface area contributed by atoms with Gasteiger partial charge in [0, 0.05) is 5.92 Å². The molecule has 1 aliphatic carbocycles. The van der Waals surface area contributed by atoms with Crippen LogP contribution >= 0.6 is 0 Å². The summed E-state index contributed by atoms with van der Waals surface area (Å²) in [7, 11) is 3.46. The van der Waals surface area contributed by atoms with Crippen molar-refractivity contribution in [2.75, 3.05) is 14.2 Å². The molecule has 0 aromatic heterocycles. The summed E-state index contributed by atoms with van der Waals surface area (Å²) in [5.74, 6) is 1.97. The minimum absolute atomic E-state index is 0.00960. The van der Waals surface area contributed by atoms with Crippen LogP contribution in [0.25, 0.3) is 22.3 Å². The van der Waals surface area contributed by atoms with Crippen molar-refractivity contribution >= 4 is 0 Å². The van der Waals surface area contributed by atoms with Gasteiger partial charge in [-0.25, -0.2) is 0 Å². The molecule has 0 spiro atoms. The first-order chi connectivity index (χ1) is 24.7. The molecule has 0 saturated heterocycles. The van der Waals surface area contributed by atoms with Crippen LogP contribution in [-0.4, -0.2) is 14.2 Å². The van der Waals surface area contributed by atoms with Crippen LogP contribution in [0.15, 0.2) is 127 Å². The van der Waals surface area contributed by atoms with E-state index < -0.39 is 5.41 Å². The van der Waals surface area contributed by atoms with Gasteiger partial charge in [0.15, 0.2) is 0 Å². The summed E-state index contributed by atoms with van der Waals surface area (Å²) in [6.45, 7) is 18.3. The largest absolute Gasteiger partial charge is 0.497 e. The van der Waals surface area contributed by atoms with Gasteiger partial charge in [-0.1, -0.05) is 150 Å². The Balaban J connectivity index is 1.44. The lowest BCUT2D eigenvalue weighted by Gasteiger charge is -2.35. The zero-order valence-electron chi connectivity index (χ0n) is 32.5. The standard InChI is InChI=1S/C50H52O2/c1-32-27-33(2)29-37(28-32)47(49(6,7)8)35-13-11-34(12-14-35)36-15-25-43-44-26-20-40(48(3,4)5)31-46(44)50(45(43)30-36,38-16-21-41(51-9)22-17-38)39-18-23-42(52-10)24-19-39/h11-31,47H,1-10H3. The van der Waals surface area contributed by atoms with Crippen molar-refractivity contribution in [1.29, 1.82) is 0 Å². The van der Waals surface area contributed by atoms with Crippen LogP contribution < -0.4 is 9.47 Å². The van der Waals surface area contributed by atoms with E-state index in [-0.39, 0.29) is 16.7 Å². The minimum Gasteiger partial charge on any atom is -0.497 e. The Bertz CT molecular complexity index is 2160. The second-order valence-corrected chi connectivity index (χ2v) is 16.8. The summed E-state index contributed by atoms with van der Waals surface area (Å²) in [6.07, 6.45) is 0. The summed E-state index contributed by atoms with van der Waals surface area (Å²) in [5, 5.41) is 0. The van der Waals surface area contributed by atoms with E-state index in [0.29, 0.717) is 0 Å². The maximum atomic E-state index is 5.65. The second kappa shape index (κ2) is 13.2. The molecular formula is C50H52O2. The van der Waals surface area contributed by atoms with E-state index in [1.165, 1.54) is 72.3 Å². The lowest BCUT2D eigenvalue weighted by molar-refractivity contribution is 0.358. The quantitative estimate of drug-likeness (QED) is 0.166. The third-order valence-electron chi connectivity index (χ3n) is 11.1. The molecule has 7 rings (SSSR count). The van der Waals surface area contributed by atoms with Crippen LogP contribution in [0.2, 0.25) is 0 Å². The van der Waals surface area contributed by atoms with Gasteiger partial charge in [0.1, 0.15) is 11.5 Å². The van der Waals surface area contributed by atoms with E-state index in [1.807, 2.05) is 0 Å². The number of ether oxygens (including phenoxy) is 2. The molecule has 1 aliphatic rings. The van der Waals surface area contributed by atoms with Crippen molar-refractivity contribution in [3.05, 3.63) is 177 Å². The van der Waals surface area contributed by atoms with E-state index in [9.17, 15) is 0 Å². The number of methoxy groups -OCH3 is 2. The molecule has 6 aromatic rings. The average Bonchev–Trinajstić information content (AvgIpc) is 3.40. The SMILES string of the molecule is COc1ccc(C2(c3ccc(OC)cc3)c3cc(-c4ccc(C(c5cc(C)cc(C)c5)C(C)(C)C)cc4)ccc3-c3ccc(C(C)(C)C)cc32)cc1. The number of rotatable bonds is 7. The Morgan fingerprint density at radius 3 is 1.44 bits per heavy atom. The summed E-state index contributed by atoms with van der Waals surface area (Å²) in [6, 6.07) is 47.9. The third-order valence-corrected chi connectivity index (χ3v) is 11.1. The van der Waals surface area contributed by atoms with Crippen LogP contribution in [-0.2, 0) is 10.8 Å². The number of hydrogen-bond acceptors (Lipinski definition) is 2. The first kappa shape index (κ1) is 35.3. The normalized spacial score (nSPS) is 14.0. The molecule has 0 saturated carbocycles. The summed E-state index contributed by atoms with van der Waals surface area (Å²) in [4.78, 5) is 0. The first-order valence-electron chi connectivity index (χ1n) is 18.5. The van der Waals surface area contributed by atoms with Gasteiger partial charge in [-0.2, -0.15) is 0 Å². The van der Waals surface area contributed by atoms with E-state index >= 15 is 0 Å². The fourth-order valence-electron chi connectivity index (χ4n) is 8.68. The maximum absolute atomic E-state index is 5.65. The van der Waals surface area contributed by atoms with Crippen LogP contribution in [0.5, 0.6) is 11.5 Å². The lowest BCUT2D eigenvalue weighted by Crippen LogP contribution is -2.29. The van der Waals surface area contributed by atoms with Gasteiger partial charge in [0.05, 0.1) is 19.6 Å². The molecule has 0 bridgehead atoms. The molecule has 1 unspecified atom stereocenters. The predicted octanol–water partition coefficient (Wildman–Crippen LogP) is 12.8. The molecular weight excluding hydrogens is 633 g/mol. The highest BCUT2D eigenvalue weighted by Crippen LogP contribution is 2.57. The fourth-order valence-corrected chi connectivity index (χ4v) is 8.68. The zero-order chi connectivity index (χ0) is 37.0. The lowest BCUT2D eigenvalue weighted by atomic mass is 9.66. The molecule has 6 aromatic carbocycles. The van der Waals surface area contributed by atoms with Crippen molar-refractivity contribution in [1.82, 2.24) is 0 Å². The maximum Gasteiger partial charge on any atom is 0.118 e. The van der Waals surface area contributed by atoms with Gasteiger partial charge in [0.2, 0.25) is 0 Å². The van der Waals surface area contributed by atoms with Gasteiger partial charge in [-0.05, 0) is 116 Å². The summed E-state index contributed by atoms with van der Waals surface area (Å²) >= 11 is 0. The third kappa shape index (κ3) is 6.13. The highest BCUT2D eigenvalue weighted by atomic mass is 16.5. The van der Waals surface area contributed by atoms with Gasteiger partial charge in [0.25, 0.3) is 0 Å². The fraction of sp³-hybridized carbons (Fsp3) is 0.280. The Morgan fingerprint density at radius 1 is 0.481 bits per heavy atom. The van der Waals surface area contributed by atoms with E-state index in [0.717, 1.165) is 11.5 Å². The second-order valence-electron chi connectivity index (χ2n) is 16.8. The Morgan fingerprint density at radius 2 is 0.962 bits per heavy atom. The van der Waals surface area contributed by atoms with E-state index in [2.05, 4.69) is 183 Å². The van der Waals surface area contributed by atoms with Crippen molar-refractivity contribution in [2.45, 2.75) is 72.1 Å². The van der Waals surface area contributed by atoms with Gasteiger partial charge >= 0.3 is 0 Å². The first-order valence-corrected chi connectivity index (χ1v) is 18.5. The smallest absolute Gasteiger partial charge is 0.118 e. The predicted molar refractivity (Wildman–Crippen MR) is 218 cm³/mol. The molecule has 0 amide bonds. The highest BCUT2D eigenvalue weighted by molar-refractivity contribution is 5.88. The van der Waals surface area contributed by atoms with Gasteiger partial charge < -0.3 is 9.47 Å². The highest BCUT2D eigenvalue weighted by Gasteiger charge is 2.47. The molecule has 0 N–H and O–H groups in total. The van der Waals surface area contributed by atoms with Crippen molar-refractivity contribution < 1.29 is 9.47 Å². The number of hydrogen-bond donors (Lipinski definition) is 0. The van der Waals surface area contributed by atoms with Gasteiger partial charge in [-0.3, -0.25) is 0 Å². The summed E-state index contributed by atoms with van der Waals surface area (Å²) < 4.78 is 11.3. The Kier molecular flexibility index (Phi) is 8.94. The molecule has 52 heavy (non-hydrogen) atoms. The topological polar surface area (TPSA) is 18.5 Å². The number of aryl methyl sites for hydroxylation is 2. The van der Waals surface area contributed by atoms with Crippen molar-refractivity contribution in [3.8, 4) is 33.8 Å². The molecule has 0 fully saturated rings. The molecule has 0 aliphatic heterocycles. The summed E-state index contributed by atoms with van der Waals surface area (Å²) in [5.41, 5.74) is 16.1. The molecule has 2 nitrogen and oxygen atoms in total. The van der Waals surface area contributed by atoms with E-state index in [1.54, 1.807) is 14.2 Å². The zero-order valence-corrected chi connectivity index (χ0v) is 32.5. The monoisotopic (exact) mass is 684 g/mol. The average molecular weight is 685 g/mol. The van der Waals surface area contributed by atoms with Crippen molar-refractivity contribution in [2.24, 2.45) is 5.41 Å². The molecule has 264 valence electrons.